The zero-order valence-corrected chi connectivity index (χ0v) is 10.1. The maximum absolute atomic E-state index is 11.6. The molecule has 1 N–H and O–H groups in total. The van der Waals surface area contributed by atoms with Crippen molar-refractivity contribution in [2.75, 3.05) is 6.54 Å². The van der Waals surface area contributed by atoms with Crippen LogP contribution >= 0.6 is 11.3 Å². The molecule has 1 amide bonds. The summed E-state index contributed by atoms with van der Waals surface area (Å²) >= 11 is 1.57. The topological polar surface area (TPSA) is 54.9 Å². The molecule has 0 fully saturated rings. The van der Waals surface area contributed by atoms with Gasteiger partial charge in [0.05, 0.1) is 17.6 Å². The maximum Gasteiger partial charge on any atom is 0.224 e. The molecule has 2 aromatic rings. The summed E-state index contributed by atoms with van der Waals surface area (Å²) in [6, 6.07) is 3.73. The van der Waals surface area contributed by atoms with E-state index in [4.69, 9.17) is 0 Å². The van der Waals surface area contributed by atoms with Crippen LogP contribution in [0.5, 0.6) is 0 Å². The van der Waals surface area contributed by atoms with Crippen LogP contribution in [0.4, 0.5) is 0 Å². The Balaban J connectivity index is 1.71. The highest BCUT2D eigenvalue weighted by Gasteiger charge is 2.03. The number of carbonyl (C=O) groups excluding carboxylic acids is 1. The van der Waals surface area contributed by atoms with E-state index in [-0.39, 0.29) is 5.91 Å². The highest BCUT2D eigenvalue weighted by Crippen LogP contribution is 2.01. The van der Waals surface area contributed by atoms with Crippen LogP contribution in [0.15, 0.2) is 35.4 Å². The molecule has 2 heterocycles. The standard InChI is InChI=1S/C12H13N3OS/c16-12(6-10-2-1-4-13-7-10)14-5-3-11-8-17-9-15-11/h1-2,4,7-9H,3,5-6H2,(H,14,16). The van der Waals surface area contributed by atoms with Gasteiger partial charge in [0.2, 0.25) is 5.91 Å². The van der Waals surface area contributed by atoms with Crippen LogP contribution in [-0.2, 0) is 17.6 Å². The van der Waals surface area contributed by atoms with E-state index in [1.54, 1.807) is 29.2 Å². The maximum atomic E-state index is 11.6. The molecule has 0 atom stereocenters. The molecule has 0 bridgehead atoms. The number of aromatic nitrogens is 2. The fourth-order valence-electron chi connectivity index (χ4n) is 1.44. The Morgan fingerprint density at radius 2 is 2.41 bits per heavy atom. The minimum absolute atomic E-state index is 0.0215. The van der Waals surface area contributed by atoms with Gasteiger partial charge >= 0.3 is 0 Å². The van der Waals surface area contributed by atoms with Crippen molar-refractivity contribution in [2.45, 2.75) is 12.8 Å². The normalized spacial score (nSPS) is 10.1. The molecule has 2 rings (SSSR count). The summed E-state index contributed by atoms with van der Waals surface area (Å²) in [6.07, 6.45) is 4.57. The number of hydrogen-bond acceptors (Lipinski definition) is 4. The number of amides is 1. The lowest BCUT2D eigenvalue weighted by molar-refractivity contribution is -0.120. The van der Waals surface area contributed by atoms with Gasteiger partial charge in [-0.1, -0.05) is 6.07 Å². The third kappa shape index (κ3) is 3.96. The molecular formula is C12H13N3OS. The Labute approximate surface area is 104 Å². The molecule has 0 unspecified atom stereocenters. The zero-order valence-electron chi connectivity index (χ0n) is 9.30. The molecule has 0 aliphatic heterocycles. The molecule has 0 spiro atoms. The molecule has 0 saturated heterocycles. The van der Waals surface area contributed by atoms with Crippen molar-refractivity contribution in [2.24, 2.45) is 0 Å². The number of hydrogen-bond donors (Lipinski definition) is 1. The van der Waals surface area contributed by atoms with Gasteiger partial charge in [-0.05, 0) is 11.6 Å². The first-order valence-electron chi connectivity index (χ1n) is 5.37. The van der Waals surface area contributed by atoms with Gasteiger partial charge in [0.1, 0.15) is 0 Å². The third-order valence-corrected chi connectivity index (χ3v) is 2.91. The summed E-state index contributed by atoms with van der Waals surface area (Å²) in [5.74, 6) is 0.0215. The summed E-state index contributed by atoms with van der Waals surface area (Å²) in [5, 5.41) is 4.86. The van der Waals surface area contributed by atoms with Gasteiger partial charge in [0.15, 0.2) is 0 Å². The van der Waals surface area contributed by atoms with Gasteiger partial charge in [-0.3, -0.25) is 9.78 Å². The molecule has 0 saturated carbocycles. The van der Waals surface area contributed by atoms with Gasteiger partial charge in [-0.25, -0.2) is 4.98 Å². The van der Waals surface area contributed by atoms with Crippen LogP contribution in [0.2, 0.25) is 0 Å². The lowest BCUT2D eigenvalue weighted by Crippen LogP contribution is -2.27. The Morgan fingerprint density at radius 1 is 1.47 bits per heavy atom. The van der Waals surface area contributed by atoms with Crippen molar-refractivity contribution >= 4 is 17.2 Å². The van der Waals surface area contributed by atoms with E-state index < -0.39 is 0 Å². The van der Waals surface area contributed by atoms with E-state index in [0.29, 0.717) is 13.0 Å². The average Bonchev–Trinajstić information content (AvgIpc) is 2.83. The Bertz CT molecular complexity index is 456. The number of rotatable bonds is 5. The van der Waals surface area contributed by atoms with Crippen molar-refractivity contribution in [3.8, 4) is 0 Å². The molecule has 5 heteroatoms. The van der Waals surface area contributed by atoms with Crippen LogP contribution in [0.3, 0.4) is 0 Å². The zero-order chi connectivity index (χ0) is 11.9. The van der Waals surface area contributed by atoms with Crippen molar-refractivity contribution in [1.82, 2.24) is 15.3 Å². The summed E-state index contributed by atoms with van der Waals surface area (Å²) < 4.78 is 0. The van der Waals surface area contributed by atoms with Gasteiger partial charge in [0, 0.05) is 30.7 Å². The highest BCUT2D eigenvalue weighted by molar-refractivity contribution is 7.07. The summed E-state index contributed by atoms with van der Waals surface area (Å²) in [4.78, 5) is 19.7. The first-order valence-corrected chi connectivity index (χ1v) is 6.31. The molecule has 0 aromatic carbocycles. The Morgan fingerprint density at radius 3 is 3.12 bits per heavy atom. The summed E-state index contributed by atoms with van der Waals surface area (Å²) in [5.41, 5.74) is 3.75. The van der Waals surface area contributed by atoms with Crippen molar-refractivity contribution in [3.05, 3.63) is 46.7 Å². The minimum Gasteiger partial charge on any atom is -0.355 e. The second kappa shape index (κ2) is 6.10. The van der Waals surface area contributed by atoms with E-state index in [1.165, 1.54) is 0 Å². The largest absolute Gasteiger partial charge is 0.355 e. The predicted molar refractivity (Wildman–Crippen MR) is 66.8 cm³/mol. The molecule has 0 aliphatic carbocycles. The number of pyridine rings is 1. The van der Waals surface area contributed by atoms with Crippen molar-refractivity contribution < 1.29 is 4.79 Å². The van der Waals surface area contributed by atoms with Crippen LogP contribution in [0.1, 0.15) is 11.3 Å². The number of thiazole rings is 1. The lowest BCUT2D eigenvalue weighted by Gasteiger charge is -2.03. The van der Waals surface area contributed by atoms with Gasteiger partial charge in [-0.15, -0.1) is 11.3 Å². The monoisotopic (exact) mass is 247 g/mol. The summed E-state index contributed by atoms with van der Waals surface area (Å²) in [6.45, 7) is 0.628. The molecule has 4 nitrogen and oxygen atoms in total. The van der Waals surface area contributed by atoms with Gasteiger partial charge in [-0.2, -0.15) is 0 Å². The highest BCUT2D eigenvalue weighted by atomic mass is 32.1. The fraction of sp³-hybridized carbons (Fsp3) is 0.250. The quantitative estimate of drug-likeness (QED) is 0.869. The molecule has 0 aliphatic rings. The van der Waals surface area contributed by atoms with Crippen LogP contribution in [0.25, 0.3) is 0 Å². The lowest BCUT2D eigenvalue weighted by atomic mass is 10.2. The van der Waals surface area contributed by atoms with Crippen LogP contribution in [-0.4, -0.2) is 22.4 Å². The second-order valence-electron chi connectivity index (χ2n) is 3.62. The third-order valence-electron chi connectivity index (χ3n) is 2.27. The van der Waals surface area contributed by atoms with Crippen molar-refractivity contribution in [1.29, 1.82) is 0 Å². The van der Waals surface area contributed by atoms with Crippen molar-refractivity contribution in [3.63, 3.8) is 0 Å². The predicted octanol–water partition coefficient (Wildman–Crippen LogP) is 1.44. The summed E-state index contributed by atoms with van der Waals surface area (Å²) in [7, 11) is 0. The SMILES string of the molecule is O=C(Cc1cccnc1)NCCc1cscn1. The second-order valence-corrected chi connectivity index (χ2v) is 4.34. The Hall–Kier alpha value is -1.75. The molecule has 2 aromatic heterocycles. The molecule has 17 heavy (non-hydrogen) atoms. The fourth-order valence-corrected chi connectivity index (χ4v) is 2.03. The number of nitrogens with one attached hydrogen (secondary N) is 1. The number of nitrogens with zero attached hydrogens (tertiary/aromatic N) is 2. The van der Waals surface area contributed by atoms with E-state index >= 15 is 0 Å². The molecular weight excluding hydrogens is 234 g/mol. The first-order chi connectivity index (χ1) is 8.34. The van der Waals surface area contributed by atoms with E-state index in [2.05, 4.69) is 15.3 Å². The van der Waals surface area contributed by atoms with Crippen LogP contribution in [0, 0.1) is 0 Å². The van der Waals surface area contributed by atoms with E-state index in [1.807, 2.05) is 17.5 Å². The van der Waals surface area contributed by atoms with Gasteiger partial charge < -0.3 is 5.32 Å². The first kappa shape index (κ1) is 11.7. The van der Waals surface area contributed by atoms with E-state index in [0.717, 1.165) is 17.7 Å². The van der Waals surface area contributed by atoms with Gasteiger partial charge in [0.25, 0.3) is 0 Å². The average molecular weight is 247 g/mol. The molecule has 0 radical (unpaired) electrons. The smallest absolute Gasteiger partial charge is 0.224 e. The van der Waals surface area contributed by atoms with E-state index in [9.17, 15) is 4.79 Å². The van der Waals surface area contributed by atoms with Crippen LogP contribution < -0.4 is 5.32 Å². The molecule has 88 valence electrons. The number of carbonyl (C=O) groups is 1. The Kier molecular flexibility index (Phi) is 4.21. The minimum atomic E-state index is 0.0215.